The van der Waals surface area contributed by atoms with E-state index < -0.39 is 22.0 Å². The summed E-state index contributed by atoms with van der Waals surface area (Å²) in [7, 11) is -2.22. The van der Waals surface area contributed by atoms with Crippen molar-refractivity contribution in [2.24, 2.45) is 17.8 Å². The van der Waals surface area contributed by atoms with E-state index in [-0.39, 0.29) is 24.4 Å². The van der Waals surface area contributed by atoms with Gasteiger partial charge in [-0.25, -0.2) is 8.42 Å². The molecule has 0 heterocycles. The number of nitrogens with zero attached hydrogens (tertiary/aromatic N) is 2. The largest absolute Gasteiger partial charge is 0.357 e. The van der Waals surface area contributed by atoms with E-state index in [4.69, 9.17) is 0 Å². The molecule has 4 bridgehead atoms. The molecule has 4 fully saturated rings. The van der Waals surface area contributed by atoms with Crippen molar-refractivity contribution in [2.75, 3.05) is 24.2 Å². The molecule has 39 heavy (non-hydrogen) atoms. The molecular weight excluding hydrogens is 510 g/mol. The zero-order chi connectivity index (χ0) is 27.9. The predicted octanol–water partition coefficient (Wildman–Crippen LogP) is 4.39. The van der Waals surface area contributed by atoms with Crippen molar-refractivity contribution in [2.45, 2.75) is 70.4 Å². The molecule has 8 heteroatoms. The molecule has 4 saturated carbocycles. The van der Waals surface area contributed by atoms with Gasteiger partial charge >= 0.3 is 0 Å². The first-order chi connectivity index (χ1) is 18.5. The summed E-state index contributed by atoms with van der Waals surface area (Å²) in [6, 6.07) is 14.9. The van der Waals surface area contributed by atoms with Crippen molar-refractivity contribution in [3.8, 4) is 0 Å². The fraction of sp³-hybridized carbons (Fsp3) is 0.548. The van der Waals surface area contributed by atoms with Gasteiger partial charge in [0.05, 0.1) is 11.9 Å². The van der Waals surface area contributed by atoms with Crippen LogP contribution in [0.1, 0.15) is 62.1 Å². The van der Waals surface area contributed by atoms with Gasteiger partial charge in [0.25, 0.3) is 0 Å². The van der Waals surface area contributed by atoms with E-state index in [0.29, 0.717) is 5.69 Å². The second-order valence-corrected chi connectivity index (χ2v) is 14.2. The number of nitrogens with one attached hydrogen (secondary N) is 1. The number of carbonyl (C=O) groups excluding carboxylic acids is 2. The summed E-state index contributed by atoms with van der Waals surface area (Å²) in [5.41, 5.74) is 3.96. The maximum Gasteiger partial charge on any atom is 0.244 e. The second kappa shape index (κ2) is 10.6. The minimum atomic E-state index is -3.75. The van der Waals surface area contributed by atoms with Crippen molar-refractivity contribution < 1.29 is 18.0 Å². The van der Waals surface area contributed by atoms with Gasteiger partial charge in [0.1, 0.15) is 12.6 Å². The average Bonchev–Trinajstić information content (AvgIpc) is 2.89. The molecule has 0 aromatic heterocycles. The molecular formula is C31H41N3O4S. The zero-order valence-corrected chi connectivity index (χ0v) is 24.3. The normalized spacial score (nSPS) is 26.2. The highest BCUT2D eigenvalue weighted by Crippen LogP contribution is 2.60. The number of carbonyl (C=O) groups is 2. The monoisotopic (exact) mass is 551 g/mol. The SMILES string of the molecule is CNC(=O)[C@@H](C)N(Cc1ccc(C)cc1)C(=O)CN(c1ccc(C23CC4CC(CC(C4)C2)C3)cc1)S(C)(=O)=O. The topological polar surface area (TPSA) is 86.8 Å². The van der Waals surface area contributed by atoms with E-state index in [1.54, 1.807) is 6.92 Å². The Hall–Kier alpha value is -2.87. The van der Waals surface area contributed by atoms with Gasteiger partial charge in [-0.2, -0.15) is 0 Å². The quantitative estimate of drug-likeness (QED) is 0.501. The first-order valence-corrected chi connectivity index (χ1v) is 16.0. The number of hydrogen-bond acceptors (Lipinski definition) is 4. The van der Waals surface area contributed by atoms with Crippen LogP contribution in [0.4, 0.5) is 5.69 Å². The molecule has 0 unspecified atom stereocenters. The van der Waals surface area contributed by atoms with Gasteiger partial charge in [0, 0.05) is 13.6 Å². The van der Waals surface area contributed by atoms with Gasteiger partial charge in [-0.1, -0.05) is 42.0 Å². The Labute approximate surface area is 233 Å². The Bertz CT molecular complexity index is 1290. The summed E-state index contributed by atoms with van der Waals surface area (Å²) in [5, 5.41) is 2.61. The Morgan fingerprint density at radius 2 is 1.49 bits per heavy atom. The molecule has 4 aliphatic rings. The van der Waals surface area contributed by atoms with Crippen LogP contribution in [0.2, 0.25) is 0 Å². The van der Waals surface area contributed by atoms with Crippen LogP contribution in [0.15, 0.2) is 48.5 Å². The summed E-state index contributed by atoms with van der Waals surface area (Å²) in [4.78, 5) is 27.6. The third-order valence-corrected chi connectivity index (χ3v) is 10.5. The van der Waals surface area contributed by atoms with Gasteiger partial charge in [-0.3, -0.25) is 13.9 Å². The smallest absolute Gasteiger partial charge is 0.244 e. The van der Waals surface area contributed by atoms with Gasteiger partial charge in [-0.05, 0) is 98.8 Å². The molecule has 2 amide bonds. The average molecular weight is 552 g/mol. The van der Waals surface area contributed by atoms with Crippen LogP contribution in [0.5, 0.6) is 0 Å². The summed E-state index contributed by atoms with van der Waals surface area (Å²) < 4.78 is 27.0. The Balaban J connectivity index is 1.38. The zero-order valence-electron chi connectivity index (χ0n) is 23.5. The number of rotatable bonds is 9. The van der Waals surface area contributed by atoms with E-state index in [9.17, 15) is 18.0 Å². The lowest BCUT2D eigenvalue weighted by Gasteiger charge is -2.57. The fourth-order valence-corrected chi connectivity index (χ4v) is 8.59. The molecule has 4 aliphatic carbocycles. The number of likely N-dealkylation sites (N-methyl/N-ethyl adjacent to an activating group) is 1. The fourth-order valence-electron chi connectivity index (χ4n) is 7.74. The lowest BCUT2D eigenvalue weighted by molar-refractivity contribution is -0.139. The third-order valence-electron chi connectivity index (χ3n) is 9.37. The van der Waals surface area contributed by atoms with Crippen LogP contribution >= 0.6 is 0 Å². The summed E-state index contributed by atoms with van der Waals surface area (Å²) in [5.74, 6) is 1.73. The van der Waals surface area contributed by atoms with Crippen LogP contribution in [-0.4, -0.2) is 51.0 Å². The molecule has 2 aromatic carbocycles. The molecule has 1 N–H and O–H groups in total. The van der Waals surface area contributed by atoms with E-state index in [1.807, 2.05) is 43.3 Å². The van der Waals surface area contributed by atoms with E-state index in [0.717, 1.165) is 39.4 Å². The summed E-state index contributed by atoms with van der Waals surface area (Å²) in [6.07, 6.45) is 8.94. The van der Waals surface area contributed by atoms with Crippen molar-refractivity contribution in [1.29, 1.82) is 0 Å². The molecule has 1 atom stereocenters. The highest BCUT2D eigenvalue weighted by molar-refractivity contribution is 7.92. The molecule has 0 spiro atoms. The Morgan fingerprint density at radius 3 is 1.97 bits per heavy atom. The number of hydrogen-bond donors (Lipinski definition) is 1. The number of anilines is 1. The number of aryl methyl sites for hydroxylation is 1. The second-order valence-electron chi connectivity index (χ2n) is 12.3. The van der Waals surface area contributed by atoms with Crippen molar-refractivity contribution in [3.63, 3.8) is 0 Å². The van der Waals surface area contributed by atoms with Gasteiger partial charge < -0.3 is 10.2 Å². The Morgan fingerprint density at radius 1 is 0.949 bits per heavy atom. The van der Waals surface area contributed by atoms with Crippen LogP contribution < -0.4 is 9.62 Å². The number of sulfonamides is 1. The van der Waals surface area contributed by atoms with Gasteiger partial charge in [0.2, 0.25) is 21.8 Å². The molecule has 210 valence electrons. The minimum absolute atomic E-state index is 0.205. The van der Waals surface area contributed by atoms with Crippen molar-refractivity contribution in [1.82, 2.24) is 10.2 Å². The van der Waals surface area contributed by atoms with Crippen molar-refractivity contribution in [3.05, 3.63) is 65.2 Å². The van der Waals surface area contributed by atoms with Crippen LogP contribution in [0.25, 0.3) is 0 Å². The predicted molar refractivity (Wildman–Crippen MR) is 154 cm³/mol. The van der Waals surface area contributed by atoms with E-state index in [1.165, 1.54) is 56.0 Å². The number of benzene rings is 2. The lowest BCUT2D eigenvalue weighted by atomic mass is 9.48. The minimum Gasteiger partial charge on any atom is -0.357 e. The number of amides is 2. The first kappa shape index (κ1) is 27.7. The molecule has 6 rings (SSSR count). The van der Waals surface area contributed by atoms with Gasteiger partial charge in [0.15, 0.2) is 0 Å². The standard InChI is InChI=1S/C31H41N3O4S/c1-21-5-7-23(8-6-21)19-33(22(2)30(36)32-3)29(35)20-34(39(4,37)38)28-11-9-27(10-12-28)31-16-24-13-25(17-31)15-26(14-24)18-31/h5-12,22,24-26H,13-20H2,1-4H3,(H,32,36)/t22-,24?,25?,26?,31?/m1/s1. The molecule has 2 aromatic rings. The first-order valence-electron chi connectivity index (χ1n) is 14.1. The Kier molecular flexibility index (Phi) is 7.53. The summed E-state index contributed by atoms with van der Waals surface area (Å²) in [6.45, 7) is 3.48. The lowest BCUT2D eigenvalue weighted by Crippen LogP contribution is -2.50. The van der Waals surface area contributed by atoms with Crippen LogP contribution in [0.3, 0.4) is 0 Å². The third kappa shape index (κ3) is 5.72. The summed E-state index contributed by atoms with van der Waals surface area (Å²) >= 11 is 0. The van der Waals surface area contributed by atoms with E-state index in [2.05, 4.69) is 17.4 Å². The molecule has 0 aliphatic heterocycles. The van der Waals surface area contributed by atoms with Crippen molar-refractivity contribution >= 4 is 27.5 Å². The van der Waals surface area contributed by atoms with Crippen LogP contribution in [0, 0.1) is 24.7 Å². The van der Waals surface area contributed by atoms with Gasteiger partial charge in [-0.15, -0.1) is 0 Å². The maximum absolute atomic E-state index is 13.6. The van der Waals surface area contributed by atoms with E-state index >= 15 is 0 Å². The molecule has 0 saturated heterocycles. The van der Waals surface area contributed by atoms with Crippen LogP contribution in [-0.2, 0) is 31.6 Å². The highest BCUT2D eigenvalue weighted by atomic mass is 32.2. The molecule has 7 nitrogen and oxygen atoms in total. The maximum atomic E-state index is 13.6. The molecule has 0 radical (unpaired) electrons. The highest BCUT2D eigenvalue weighted by Gasteiger charge is 2.51.